The molecule has 1 saturated heterocycles. The molecule has 0 aliphatic carbocycles. The van der Waals surface area contributed by atoms with Gasteiger partial charge in [0.05, 0.1) is 6.61 Å². The zero-order chi connectivity index (χ0) is 7.40. The molecule has 0 saturated carbocycles. The lowest BCUT2D eigenvalue weighted by molar-refractivity contribution is -0.172. The summed E-state index contributed by atoms with van der Waals surface area (Å²) in [7, 11) is 0. The Kier molecular flexibility index (Phi) is 2.65. The van der Waals surface area contributed by atoms with Crippen LogP contribution >= 0.6 is 0 Å². The zero-order valence-corrected chi connectivity index (χ0v) is 5.58. The van der Waals surface area contributed by atoms with E-state index < -0.39 is 18.9 Å². The number of ether oxygens (including phenoxy) is 2. The molecule has 1 fully saturated rings. The summed E-state index contributed by atoms with van der Waals surface area (Å²) in [4.78, 5) is 10.4. The summed E-state index contributed by atoms with van der Waals surface area (Å²) < 4.78 is 9.62. The van der Waals surface area contributed by atoms with Gasteiger partial charge < -0.3 is 14.6 Å². The molecule has 0 aromatic rings. The lowest BCUT2D eigenvalue weighted by Crippen LogP contribution is -2.18. The maximum Gasteiger partial charge on any atom is 0.334 e. The summed E-state index contributed by atoms with van der Waals surface area (Å²) >= 11 is 0. The van der Waals surface area contributed by atoms with Crippen molar-refractivity contribution in [3.8, 4) is 0 Å². The van der Waals surface area contributed by atoms with E-state index in [9.17, 15) is 4.79 Å². The van der Waals surface area contributed by atoms with Crippen molar-refractivity contribution >= 4 is 5.97 Å². The molecule has 0 bridgehead atoms. The molecule has 1 aliphatic rings. The summed E-state index contributed by atoms with van der Waals surface area (Å²) in [6.45, 7) is 0.0727. The summed E-state index contributed by atoms with van der Waals surface area (Å²) in [5.74, 6) is -0.619. The molecule has 0 aromatic heterocycles. The number of esters is 1. The van der Waals surface area contributed by atoms with Gasteiger partial charge in [-0.1, -0.05) is 0 Å². The largest absolute Gasteiger partial charge is 0.434 e. The molecule has 0 spiro atoms. The number of hydrogen-bond donors (Lipinski definition) is 1. The van der Waals surface area contributed by atoms with Crippen LogP contribution in [0.1, 0.15) is 12.8 Å². The minimum absolute atomic E-state index is 0.417. The highest BCUT2D eigenvalue weighted by Gasteiger charge is 2.18. The van der Waals surface area contributed by atoms with Crippen molar-refractivity contribution in [3.05, 3.63) is 0 Å². The van der Waals surface area contributed by atoms with Gasteiger partial charge in [0.2, 0.25) is 6.29 Å². The predicted octanol–water partition coefficient (Wildman–Crippen LogP) is -0.342. The van der Waals surface area contributed by atoms with Crippen LogP contribution in [0.15, 0.2) is 0 Å². The number of rotatable bonds is 2. The number of hydrogen-bond acceptors (Lipinski definition) is 4. The van der Waals surface area contributed by atoms with Crippen molar-refractivity contribution in [1.82, 2.24) is 0 Å². The van der Waals surface area contributed by atoms with Crippen LogP contribution < -0.4 is 0 Å². The van der Waals surface area contributed by atoms with Crippen molar-refractivity contribution in [2.24, 2.45) is 0 Å². The Hall–Kier alpha value is -0.610. The van der Waals surface area contributed by atoms with E-state index in [2.05, 4.69) is 4.74 Å². The van der Waals surface area contributed by atoms with E-state index in [0.29, 0.717) is 6.61 Å². The minimum Gasteiger partial charge on any atom is -0.434 e. The Bertz CT molecular complexity index is 117. The van der Waals surface area contributed by atoms with E-state index in [1.54, 1.807) is 0 Å². The highest BCUT2D eigenvalue weighted by molar-refractivity contribution is 5.70. The van der Waals surface area contributed by atoms with Crippen LogP contribution in [-0.4, -0.2) is 30.6 Å². The molecule has 1 atom stereocenters. The third-order valence-corrected chi connectivity index (χ3v) is 1.28. The second-order valence-electron chi connectivity index (χ2n) is 2.09. The SMILES string of the molecule is O=C(CO)OC1CCCO1. The third-order valence-electron chi connectivity index (χ3n) is 1.28. The van der Waals surface area contributed by atoms with Gasteiger partial charge in [0.25, 0.3) is 0 Å². The Morgan fingerprint density at radius 2 is 2.60 bits per heavy atom. The van der Waals surface area contributed by atoms with Crippen molar-refractivity contribution < 1.29 is 19.4 Å². The lowest BCUT2D eigenvalue weighted by atomic mass is 10.4. The molecule has 1 rings (SSSR count). The molecule has 4 heteroatoms. The molecule has 10 heavy (non-hydrogen) atoms. The van der Waals surface area contributed by atoms with E-state index in [0.717, 1.165) is 12.8 Å². The van der Waals surface area contributed by atoms with Gasteiger partial charge in [-0.3, -0.25) is 0 Å². The molecule has 1 unspecified atom stereocenters. The number of aliphatic hydroxyl groups is 1. The van der Waals surface area contributed by atoms with Crippen molar-refractivity contribution in [2.45, 2.75) is 19.1 Å². The topological polar surface area (TPSA) is 55.8 Å². The molecular formula is C6H10O4. The second-order valence-corrected chi connectivity index (χ2v) is 2.09. The first-order valence-corrected chi connectivity index (χ1v) is 3.25. The maximum absolute atomic E-state index is 10.4. The van der Waals surface area contributed by atoms with E-state index in [-0.39, 0.29) is 0 Å². The Morgan fingerprint density at radius 3 is 3.10 bits per heavy atom. The van der Waals surface area contributed by atoms with E-state index in [4.69, 9.17) is 9.84 Å². The molecule has 0 amide bonds. The fourth-order valence-electron chi connectivity index (χ4n) is 0.825. The number of carbonyl (C=O) groups is 1. The molecule has 0 aromatic carbocycles. The van der Waals surface area contributed by atoms with Crippen LogP contribution in [0.5, 0.6) is 0 Å². The first-order valence-electron chi connectivity index (χ1n) is 3.25. The van der Waals surface area contributed by atoms with Gasteiger partial charge in [-0.25, -0.2) is 4.79 Å². The summed E-state index contributed by atoms with van der Waals surface area (Å²) in [6, 6.07) is 0. The molecule has 1 aliphatic heterocycles. The van der Waals surface area contributed by atoms with Crippen LogP contribution in [0.25, 0.3) is 0 Å². The van der Waals surface area contributed by atoms with Crippen LogP contribution in [-0.2, 0) is 14.3 Å². The molecule has 1 N–H and O–H groups in total. The smallest absolute Gasteiger partial charge is 0.334 e. The van der Waals surface area contributed by atoms with Gasteiger partial charge in [-0.05, 0) is 6.42 Å². The first kappa shape index (κ1) is 7.50. The van der Waals surface area contributed by atoms with Gasteiger partial charge in [0.1, 0.15) is 6.61 Å². The summed E-state index contributed by atoms with van der Waals surface area (Å²) in [6.07, 6.45) is 1.24. The maximum atomic E-state index is 10.4. The molecule has 1 heterocycles. The van der Waals surface area contributed by atoms with Crippen molar-refractivity contribution in [3.63, 3.8) is 0 Å². The van der Waals surface area contributed by atoms with Crippen LogP contribution in [0.4, 0.5) is 0 Å². The average Bonchev–Trinajstić information content (AvgIpc) is 2.40. The van der Waals surface area contributed by atoms with Gasteiger partial charge in [-0.15, -0.1) is 0 Å². The molecule has 0 radical (unpaired) electrons. The number of carbonyl (C=O) groups excluding carboxylic acids is 1. The highest BCUT2D eigenvalue weighted by atomic mass is 16.7. The predicted molar refractivity (Wildman–Crippen MR) is 32.2 cm³/mol. The van der Waals surface area contributed by atoms with Gasteiger partial charge in [-0.2, -0.15) is 0 Å². The fourth-order valence-corrected chi connectivity index (χ4v) is 0.825. The van der Waals surface area contributed by atoms with Gasteiger partial charge >= 0.3 is 5.97 Å². The highest BCUT2D eigenvalue weighted by Crippen LogP contribution is 2.12. The van der Waals surface area contributed by atoms with Crippen LogP contribution in [0.3, 0.4) is 0 Å². The van der Waals surface area contributed by atoms with Crippen molar-refractivity contribution in [1.29, 1.82) is 0 Å². The Labute approximate surface area is 58.7 Å². The fraction of sp³-hybridized carbons (Fsp3) is 0.833. The Morgan fingerprint density at radius 1 is 1.80 bits per heavy atom. The zero-order valence-electron chi connectivity index (χ0n) is 5.58. The first-order chi connectivity index (χ1) is 4.83. The van der Waals surface area contributed by atoms with E-state index in [1.807, 2.05) is 0 Å². The molecule has 58 valence electrons. The van der Waals surface area contributed by atoms with Gasteiger partial charge in [0, 0.05) is 6.42 Å². The van der Waals surface area contributed by atoms with Crippen LogP contribution in [0, 0.1) is 0 Å². The second kappa shape index (κ2) is 3.53. The molecule has 4 nitrogen and oxygen atoms in total. The summed E-state index contributed by atoms with van der Waals surface area (Å²) in [5.41, 5.74) is 0. The van der Waals surface area contributed by atoms with E-state index in [1.165, 1.54) is 0 Å². The quantitative estimate of drug-likeness (QED) is 0.541. The third kappa shape index (κ3) is 1.97. The minimum atomic E-state index is -0.619. The lowest BCUT2D eigenvalue weighted by Gasteiger charge is -2.08. The Balaban J connectivity index is 2.17. The number of aliphatic hydroxyl groups excluding tert-OH is 1. The van der Waals surface area contributed by atoms with Crippen LogP contribution in [0.2, 0.25) is 0 Å². The monoisotopic (exact) mass is 146 g/mol. The standard InChI is InChI=1S/C6H10O4/c7-4-5(8)10-6-2-1-3-9-6/h6-7H,1-4H2. The normalized spacial score (nSPS) is 24.7. The molecular weight excluding hydrogens is 136 g/mol. The van der Waals surface area contributed by atoms with Gasteiger partial charge in [0.15, 0.2) is 0 Å². The van der Waals surface area contributed by atoms with Crippen molar-refractivity contribution in [2.75, 3.05) is 13.2 Å². The average molecular weight is 146 g/mol. The van der Waals surface area contributed by atoms with E-state index >= 15 is 0 Å². The summed E-state index contributed by atoms with van der Waals surface area (Å²) in [5, 5.41) is 8.27.